The first-order chi connectivity index (χ1) is 17.8. The molecule has 5 N–H and O–H groups in total. The monoisotopic (exact) mass is 532 g/mol. The van der Waals surface area contributed by atoms with E-state index in [2.05, 4.69) is 43.5 Å². The number of fused-ring (bicyclic) bond motifs is 2. The Morgan fingerprint density at radius 2 is 1.79 bits per heavy atom. The normalized spacial score (nSPS) is 12.6. The highest BCUT2D eigenvalue weighted by atomic mass is 35.5. The standard InChI is InChI=1S/C16H17N3O3.C12H11N3.ClH/c1-16(2,3)22-15(20)19-11-6-12-13(10-4-5-21-9-10)8-18-14(12)17-7-11;13-9-5-10-11(8-3-1-2-4-8)7-15-12(10)14-6-9;/h4-9H,1-3H3,(H,17,18)(H,19,20);1,3-7H,2,13H2,(H,14,15);1H. The Kier molecular flexibility index (Phi) is 7.59. The average molecular weight is 533 g/mol. The number of nitrogens with zero attached hydrogens (tertiary/aromatic N) is 2. The molecular weight excluding hydrogens is 504 g/mol. The number of ether oxygens (including phenoxy) is 1. The van der Waals surface area contributed by atoms with Gasteiger partial charge in [-0.3, -0.25) is 5.32 Å². The maximum absolute atomic E-state index is 11.8. The predicted octanol–water partition coefficient (Wildman–Crippen LogP) is 7.08. The van der Waals surface area contributed by atoms with Crippen LogP contribution in [0, 0.1) is 0 Å². The minimum absolute atomic E-state index is 0. The van der Waals surface area contributed by atoms with E-state index >= 15 is 0 Å². The Hall–Kier alpha value is -4.50. The fraction of sp³-hybridized carbons (Fsp3) is 0.179. The number of aromatic nitrogens is 4. The van der Waals surface area contributed by atoms with Crippen LogP contribution in [0.2, 0.25) is 0 Å². The van der Waals surface area contributed by atoms with Crippen molar-refractivity contribution in [2.24, 2.45) is 0 Å². The lowest BCUT2D eigenvalue weighted by Crippen LogP contribution is -2.27. The zero-order valence-electron chi connectivity index (χ0n) is 21.2. The number of rotatable bonds is 3. The summed E-state index contributed by atoms with van der Waals surface area (Å²) in [4.78, 5) is 26.6. The van der Waals surface area contributed by atoms with Crippen LogP contribution in [0.5, 0.6) is 0 Å². The molecule has 9 nitrogen and oxygen atoms in total. The molecule has 196 valence electrons. The summed E-state index contributed by atoms with van der Waals surface area (Å²) >= 11 is 0. The van der Waals surface area contributed by atoms with Crippen LogP contribution in [-0.4, -0.2) is 31.6 Å². The molecule has 0 aliphatic heterocycles. The lowest BCUT2D eigenvalue weighted by Gasteiger charge is -2.19. The van der Waals surface area contributed by atoms with Crippen molar-refractivity contribution < 1.29 is 13.9 Å². The molecule has 6 rings (SSSR count). The van der Waals surface area contributed by atoms with Gasteiger partial charge in [-0.25, -0.2) is 14.8 Å². The van der Waals surface area contributed by atoms with Gasteiger partial charge in [0.15, 0.2) is 0 Å². The Labute approximate surface area is 225 Å². The molecule has 1 aliphatic carbocycles. The smallest absolute Gasteiger partial charge is 0.412 e. The van der Waals surface area contributed by atoms with E-state index in [1.165, 1.54) is 11.1 Å². The number of allylic oxidation sites excluding steroid dienone is 4. The summed E-state index contributed by atoms with van der Waals surface area (Å²) in [5, 5.41) is 4.68. The lowest BCUT2D eigenvalue weighted by molar-refractivity contribution is 0.0636. The van der Waals surface area contributed by atoms with Gasteiger partial charge in [0, 0.05) is 39.9 Å². The number of nitrogens with two attached hydrogens (primary N) is 1. The Bertz CT molecular complexity index is 1620. The number of anilines is 2. The van der Waals surface area contributed by atoms with E-state index in [1.54, 1.807) is 24.9 Å². The van der Waals surface area contributed by atoms with Crippen molar-refractivity contribution in [3.05, 3.63) is 79.3 Å². The third-order valence-electron chi connectivity index (χ3n) is 5.64. The first-order valence-corrected chi connectivity index (χ1v) is 11.9. The topological polar surface area (TPSA) is 135 Å². The van der Waals surface area contributed by atoms with Crippen LogP contribution >= 0.6 is 12.4 Å². The number of halogens is 1. The molecule has 0 unspecified atom stereocenters. The molecule has 0 fully saturated rings. The number of H-pyrrole nitrogens is 2. The van der Waals surface area contributed by atoms with Crippen molar-refractivity contribution in [1.29, 1.82) is 0 Å². The molecule has 0 radical (unpaired) electrons. The highest BCUT2D eigenvalue weighted by Crippen LogP contribution is 2.30. The highest BCUT2D eigenvalue weighted by Gasteiger charge is 2.17. The zero-order chi connectivity index (χ0) is 26.0. The number of furan rings is 1. The number of pyridine rings is 2. The van der Waals surface area contributed by atoms with Crippen molar-refractivity contribution in [3.8, 4) is 11.1 Å². The van der Waals surface area contributed by atoms with Crippen LogP contribution in [0.3, 0.4) is 0 Å². The molecule has 10 heteroatoms. The van der Waals surface area contributed by atoms with Gasteiger partial charge in [-0.1, -0.05) is 18.2 Å². The summed E-state index contributed by atoms with van der Waals surface area (Å²) in [5.74, 6) is 0. The number of hydrogen-bond donors (Lipinski definition) is 4. The zero-order valence-corrected chi connectivity index (χ0v) is 22.1. The van der Waals surface area contributed by atoms with Gasteiger partial charge < -0.3 is 24.9 Å². The molecule has 0 spiro atoms. The van der Waals surface area contributed by atoms with E-state index in [9.17, 15) is 4.79 Å². The van der Waals surface area contributed by atoms with Crippen molar-refractivity contribution in [3.63, 3.8) is 0 Å². The largest absolute Gasteiger partial charge is 0.472 e. The molecule has 1 amide bonds. The Balaban J connectivity index is 0.000000184. The minimum atomic E-state index is -0.544. The minimum Gasteiger partial charge on any atom is -0.472 e. The Morgan fingerprint density at radius 3 is 2.45 bits per heavy atom. The SMILES string of the molecule is CC(C)(C)OC(=O)Nc1cnc2[nH]cc(-c3ccoc3)c2c1.Cl.Nc1cnc2[nH]cc(C3=CCC=C3)c2c1. The van der Waals surface area contributed by atoms with E-state index < -0.39 is 11.7 Å². The van der Waals surface area contributed by atoms with E-state index in [0.717, 1.165) is 39.6 Å². The molecule has 5 aromatic rings. The summed E-state index contributed by atoms with van der Waals surface area (Å²) in [6.07, 6.45) is 17.4. The van der Waals surface area contributed by atoms with Crippen LogP contribution in [0.4, 0.5) is 16.2 Å². The third-order valence-corrected chi connectivity index (χ3v) is 5.64. The molecular formula is C28H29ClN6O3. The van der Waals surface area contributed by atoms with Gasteiger partial charge in [0.25, 0.3) is 0 Å². The van der Waals surface area contributed by atoms with Gasteiger partial charge in [-0.15, -0.1) is 12.4 Å². The molecule has 0 saturated heterocycles. The maximum atomic E-state index is 11.8. The number of carbonyl (C=O) groups excluding carboxylic acids is 1. The molecule has 0 aromatic carbocycles. The number of aromatic amines is 2. The van der Waals surface area contributed by atoms with Crippen molar-refractivity contribution in [1.82, 2.24) is 19.9 Å². The van der Waals surface area contributed by atoms with Crippen molar-refractivity contribution in [2.45, 2.75) is 32.8 Å². The average Bonchev–Trinajstić information content (AvgIpc) is 3.64. The van der Waals surface area contributed by atoms with E-state index in [0.29, 0.717) is 11.4 Å². The molecule has 0 saturated carbocycles. The van der Waals surface area contributed by atoms with Gasteiger partial charge in [0.2, 0.25) is 0 Å². The highest BCUT2D eigenvalue weighted by molar-refractivity contribution is 5.97. The van der Waals surface area contributed by atoms with E-state index in [1.807, 2.05) is 51.4 Å². The summed E-state index contributed by atoms with van der Waals surface area (Å²) in [5.41, 5.74) is 12.4. The summed E-state index contributed by atoms with van der Waals surface area (Å²) in [6.45, 7) is 5.45. The number of hydrogen-bond acceptors (Lipinski definition) is 6. The summed E-state index contributed by atoms with van der Waals surface area (Å²) in [7, 11) is 0. The van der Waals surface area contributed by atoms with Crippen LogP contribution in [0.25, 0.3) is 38.8 Å². The number of nitrogen functional groups attached to an aromatic ring is 1. The van der Waals surface area contributed by atoms with Gasteiger partial charge in [-0.05, 0) is 51.0 Å². The fourth-order valence-corrected chi connectivity index (χ4v) is 4.07. The number of carbonyl (C=O) groups is 1. The molecule has 38 heavy (non-hydrogen) atoms. The molecule has 5 aromatic heterocycles. The predicted molar refractivity (Wildman–Crippen MR) is 153 cm³/mol. The first-order valence-electron chi connectivity index (χ1n) is 11.9. The van der Waals surface area contributed by atoms with E-state index in [-0.39, 0.29) is 12.4 Å². The number of nitrogens with one attached hydrogen (secondary N) is 3. The lowest BCUT2D eigenvalue weighted by atomic mass is 10.1. The quantitative estimate of drug-likeness (QED) is 0.196. The molecule has 0 bridgehead atoms. The van der Waals surface area contributed by atoms with Crippen LogP contribution in [0.15, 0.2) is 78.2 Å². The van der Waals surface area contributed by atoms with Crippen molar-refractivity contribution >= 4 is 57.5 Å². The first kappa shape index (κ1) is 26.6. The van der Waals surface area contributed by atoms with Crippen LogP contribution in [-0.2, 0) is 4.74 Å². The molecule has 1 aliphatic rings. The second-order valence-electron chi connectivity index (χ2n) is 9.63. The van der Waals surface area contributed by atoms with E-state index in [4.69, 9.17) is 14.9 Å². The molecule has 0 atom stereocenters. The van der Waals surface area contributed by atoms with Crippen molar-refractivity contribution in [2.75, 3.05) is 11.1 Å². The van der Waals surface area contributed by atoms with Gasteiger partial charge in [-0.2, -0.15) is 0 Å². The van der Waals surface area contributed by atoms with Gasteiger partial charge in [0.05, 0.1) is 36.3 Å². The molecule has 5 heterocycles. The van der Waals surface area contributed by atoms with Gasteiger partial charge in [0.1, 0.15) is 16.9 Å². The summed E-state index contributed by atoms with van der Waals surface area (Å²) in [6, 6.07) is 5.68. The summed E-state index contributed by atoms with van der Waals surface area (Å²) < 4.78 is 10.3. The maximum Gasteiger partial charge on any atom is 0.412 e. The van der Waals surface area contributed by atoms with Crippen LogP contribution < -0.4 is 11.1 Å². The van der Waals surface area contributed by atoms with Crippen LogP contribution in [0.1, 0.15) is 32.8 Å². The Morgan fingerprint density at radius 1 is 1.08 bits per heavy atom. The second kappa shape index (κ2) is 10.9. The third kappa shape index (κ3) is 5.90. The second-order valence-corrected chi connectivity index (χ2v) is 9.63. The number of amides is 1. The fourth-order valence-electron chi connectivity index (χ4n) is 4.07. The van der Waals surface area contributed by atoms with Gasteiger partial charge >= 0.3 is 6.09 Å².